The van der Waals surface area contributed by atoms with E-state index in [1.807, 2.05) is 0 Å². The minimum absolute atomic E-state index is 0. The first kappa shape index (κ1) is 19.5. The van der Waals surface area contributed by atoms with E-state index in [9.17, 15) is 0 Å². The summed E-state index contributed by atoms with van der Waals surface area (Å²) in [6, 6.07) is 0. The van der Waals surface area contributed by atoms with Crippen molar-refractivity contribution in [3.8, 4) is 29.8 Å². The summed E-state index contributed by atoms with van der Waals surface area (Å²) in [5.74, 6) is 0. The fourth-order valence-electron chi connectivity index (χ4n) is 0.265. The van der Waals surface area contributed by atoms with E-state index >= 15 is 0 Å². The summed E-state index contributed by atoms with van der Waals surface area (Å²) < 4.78 is 0. The summed E-state index contributed by atoms with van der Waals surface area (Å²) in [6.45, 7) is 0. The summed E-state index contributed by atoms with van der Waals surface area (Å²) in [5.41, 5.74) is 0. The molecule has 15 heavy (non-hydrogen) atoms. The van der Waals surface area contributed by atoms with E-state index in [1.165, 1.54) is 0 Å². The monoisotopic (exact) mass is 292 g/mol. The number of hydrogen-bond acceptors (Lipinski definition) is 6. The van der Waals surface area contributed by atoms with Gasteiger partial charge in [-0.15, -0.1) is 0 Å². The van der Waals surface area contributed by atoms with Gasteiger partial charge in [0, 0.05) is 17.1 Å². The van der Waals surface area contributed by atoms with Crippen LogP contribution in [0, 0.1) is 61.4 Å². The molecular weight excluding hydrogens is 291 g/mol. The molecule has 0 rings (SSSR count). The SMILES string of the molecule is N#[C][Fe]([C]#N)([C]#N)([C]#N)([C]#N)[C]#N.[Fe].[NaH]. The molecule has 0 saturated heterocycles. The molecule has 0 aliphatic heterocycles. The zero-order valence-corrected chi connectivity index (χ0v) is 8.60. The van der Waals surface area contributed by atoms with Gasteiger partial charge in [-0.3, -0.25) is 0 Å². The van der Waals surface area contributed by atoms with Crippen LogP contribution in [0.5, 0.6) is 0 Å². The van der Waals surface area contributed by atoms with Crippen molar-refractivity contribution in [3.63, 3.8) is 0 Å². The first-order valence-corrected chi connectivity index (χ1v) is 5.71. The van der Waals surface area contributed by atoms with Gasteiger partial charge in [-0.05, 0) is 0 Å². The molecule has 0 amide bonds. The third kappa shape index (κ3) is 1.86. The molecule has 6 nitrogen and oxygen atoms in total. The van der Waals surface area contributed by atoms with Crippen LogP contribution >= 0.6 is 0 Å². The van der Waals surface area contributed by atoms with Crippen molar-refractivity contribution < 1.29 is 27.8 Å². The van der Waals surface area contributed by atoms with E-state index in [4.69, 9.17) is 31.6 Å². The zero-order chi connectivity index (χ0) is 10.7. The normalized spacial score (nSPS) is 11.6. The second-order valence-electron chi connectivity index (χ2n) is 1.80. The molecule has 0 aromatic rings. The van der Waals surface area contributed by atoms with Gasteiger partial charge in [0.1, 0.15) is 0 Å². The number of nitriles is 6. The third-order valence-electron chi connectivity index (χ3n) is 1.19. The Hall–Kier alpha value is -1.02. The number of hydrogen-bond donors (Lipinski definition) is 0. The van der Waals surface area contributed by atoms with Crippen LogP contribution in [0.4, 0.5) is 0 Å². The van der Waals surface area contributed by atoms with Crippen molar-refractivity contribution in [3.05, 3.63) is 0 Å². The predicted octanol–water partition coefficient (Wildman–Crippen LogP) is -0.553. The van der Waals surface area contributed by atoms with E-state index in [0.29, 0.717) is 0 Å². The molecule has 0 heterocycles. The van der Waals surface area contributed by atoms with Crippen LogP contribution < -0.4 is 0 Å². The predicted molar refractivity (Wildman–Crippen MR) is 40.8 cm³/mol. The summed E-state index contributed by atoms with van der Waals surface area (Å²) in [7, 11) is -6.17. The summed E-state index contributed by atoms with van der Waals surface area (Å²) in [5, 5.41) is 51.5. The third-order valence-corrected chi connectivity index (χ3v) is 4.89. The second-order valence-corrected chi connectivity index (χ2v) is 7.42. The summed E-state index contributed by atoms with van der Waals surface area (Å²) >= 11 is 0. The van der Waals surface area contributed by atoms with Gasteiger partial charge in [0.2, 0.25) is 0 Å². The molecule has 9 heteroatoms. The molecule has 0 atom stereocenters. The average Bonchev–Trinajstić information content (AvgIpc) is 2.26. The minimum atomic E-state index is -6.17. The van der Waals surface area contributed by atoms with Crippen molar-refractivity contribution in [2.24, 2.45) is 0 Å². The Bertz CT molecular complexity index is 395. The van der Waals surface area contributed by atoms with Crippen molar-refractivity contribution in [1.82, 2.24) is 0 Å². The Balaban J connectivity index is -0.000000720. The molecule has 0 spiro atoms. The van der Waals surface area contributed by atoms with Crippen LogP contribution in [0.25, 0.3) is 0 Å². The van der Waals surface area contributed by atoms with Gasteiger partial charge in [-0.1, -0.05) is 0 Å². The Morgan fingerprint density at radius 1 is 0.533 bits per heavy atom. The summed E-state index contributed by atoms with van der Waals surface area (Å²) in [6.07, 6.45) is 0. The van der Waals surface area contributed by atoms with Gasteiger partial charge in [0.15, 0.2) is 0 Å². The Morgan fingerprint density at radius 2 is 0.667 bits per heavy atom. The Morgan fingerprint density at radius 3 is 0.667 bits per heavy atom. The maximum atomic E-state index is 8.58. The fourth-order valence-corrected chi connectivity index (χ4v) is 1.09. The molecule has 72 valence electrons. The fraction of sp³-hybridized carbons (Fsp3) is 0. The summed E-state index contributed by atoms with van der Waals surface area (Å²) in [4.78, 5) is 6.19. The van der Waals surface area contributed by atoms with Gasteiger partial charge in [0.05, 0.1) is 0 Å². The van der Waals surface area contributed by atoms with Crippen LogP contribution in [0.2, 0.25) is 0 Å². The van der Waals surface area contributed by atoms with Crippen LogP contribution in [-0.4, -0.2) is 29.6 Å². The van der Waals surface area contributed by atoms with Gasteiger partial charge in [-0.2, -0.15) is 0 Å². The van der Waals surface area contributed by atoms with Crippen molar-refractivity contribution in [2.75, 3.05) is 0 Å². The molecule has 0 aliphatic rings. The molecule has 0 aromatic carbocycles. The van der Waals surface area contributed by atoms with Gasteiger partial charge >= 0.3 is 102 Å². The average molecular weight is 292 g/mol. The quantitative estimate of drug-likeness (QED) is 0.548. The number of nitrogens with zero attached hydrogens (tertiary/aromatic N) is 6. The first-order valence-electron chi connectivity index (χ1n) is 2.40. The molecular formula is C6HFe2N6Na. The van der Waals surface area contributed by atoms with E-state index in [1.54, 1.807) is 0 Å². The maximum absolute atomic E-state index is 8.58. The molecule has 0 aliphatic carbocycles. The van der Waals surface area contributed by atoms with Crippen molar-refractivity contribution >= 4 is 29.6 Å². The van der Waals surface area contributed by atoms with Gasteiger partial charge in [-0.25, -0.2) is 0 Å². The molecule has 0 radical (unpaired) electrons. The molecule has 0 unspecified atom stereocenters. The van der Waals surface area contributed by atoms with Crippen LogP contribution in [0.3, 0.4) is 0 Å². The van der Waals surface area contributed by atoms with Gasteiger partial charge < -0.3 is 0 Å². The van der Waals surface area contributed by atoms with E-state index < -0.39 is 10.7 Å². The zero-order valence-electron chi connectivity index (χ0n) is 6.39. The molecule has 0 aromatic heterocycles. The van der Waals surface area contributed by atoms with Crippen molar-refractivity contribution in [1.29, 1.82) is 31.6 Å². The van der Waals surface area contributed by atoms with E-state index in [-0.39, 0.29) is 46.6 Å². The number of rotatable bonds is 0. The molecule has 0 fully saturated rings. The van der Waals surface area contributed by atoms with Crippen molar-refractivity contribution in [2.45, 2.75) is 0 Å². The van der Waals surface area contributed by atoms with E-state index in [0.717, 1.165) is 29.8 Å². The Kier molecular flexibility index (Phi) is 6.08. The molecule has 0 saturated carbocycles. The Labute approximate surface area is 118 Å². The molecule has 0 N–H and O–H groups in total. The van der Waals surface area contributed by atoms with E-state index in [2.05, 4.69) is 0 Å². The standard InChI is InChI=1S/6CN.2Fe.Na.H/c6*1-2;;;;. The van der Waals surface area contributed by atoms with Crippen LogP contribution in [0.1, 0.15) is 0 Å². The van der Waals surface area contributed by atoms with Crippen LogP contribution in [0.15, 0.2) is 0 Å². The second kappa shape index (κ2) is 4.67. The first-order chi connectivity index (χ1) is 5.97. The van der Waals surface area contributed by atoms with Crippen LogP contribution in [-0.2, 0) is 27.8 Å². The molecule has 0 bridgehead atoms. The van der Waals surface area contributed by atoms with Gasteiger partial charge in [0.25, 0.3) is 0 Å². The topological polar surface area (TPSA) is 143 Å².